The van der Waals surface area contributed by atoms with Crippen LogP contribution < -0.4 is 0 Å². The van der Waals surface area contributed by atoms with Crippen LogP contribution >= 0.6 is 0 Å². The average molecular weight is 188 g/mol. The molecule has 0 amide bonds. The zero-order valence-corrected chi connectivity index (χ0v) is 9.00. The summed E-state index contributed by atoms with van der Waals surface area (Å²) < 4.78 is 10.2. The van der Waals surface area contributed by atoms with Gasteiger partial charge in [-0.05, 0) is 19.8 Å². The minimum Gasteiger partial charge on any atom is -0.465 e. The van der Waals surface area contributed by atoms with E-state index in [1.165, 1.54) is 0 Å². The summed E-state index contributed by atoms with van der Waals surface area (Å²) in [6.45, 7) is 8.86. The summed E-state index contributed by atoms with van der Waals surface area (Å²) >= 11 is 0. The Bertz CT molecular complexity index is 141. The fourth-order valence-electron chi connectivity index (χ4n) is 0.710. The van der Waals surface area contributed by atoms with E-state index < -0.39 is 0 Å². The zero-order valence-electron chi connectivity index (χ0n) is 9.00. The van der Waals surface area contributed by atoms with E-state index in [0.717, 1.165) is 0 Å². The predicted octanol–water partition coefficient (Wildman–Crippen LogP) is 2.00. The molecule has 0 spiro atoms. The van der Waals surface area contributed by atoms with Crippen LogP contribution in [-0.4, -0.2) is 25.3 Å². The average Bonchev–Trinajstić information content (AvgIpc) is 2.00. The van der Waals surface area contributed by atoms with Crippen LogP contribution in [0, 0.1) is 5.92 Å². The summed E-state index contributed by atoms with van der Waals surface area (Å²) in [5.41, 5.74) is 0. The molecule has 0 saturated heterocycles. The second-order valence-corrected chi connectivity index (χ2v) is 3.75. The number of carbonyl (C=O) groups excluding carboxylic acids is 1. The summed E-state index contributed by atoms with van der Waals surface area (Å²) in [6.07, 6.45) is 0.531. The first kappa shape index (κ1) is 12.4. The van der Waals surface area contributed by atoms with E-state index >= 15 is 0 Å². The van der Waals surface area contributed by atoms with Crippen molar-refractivity contribution in [3.63, 3.8) is 0 Å². The highest BCUT2D eigenvalue weighted by atomic mass is 16.5. The van der Waals surface area contributed by atoms with Crippen molar-refractivity contribution in [3.05, 3.63) is 0 Å². The smallest absolute Gasteiger partial charge is 0.308 e. The molecule has 13 heavy (non-hydrogen) atoms. The van der Waals surface area contributed by atoms with E-state index in [0.29, 0.717) is 25.6 Å². The first-order chi connectivity index (χ1) is 6.02. The van der Waals surface area contributed by atoms with Crippen LogP contribution in [0.3, 0.4) is 0 Å². The fourth-order valence-corrected chi connectivity index (χ4v) is 0.710. The SMILES string of the molecule is CC(C)COC(=O)CCOC(C)C. The summed E-state index contributed by atoms with van der Waals surface area (Å²) in [5.74, 6) is 0.226. The van der Waals surface area contributed by atoms with Gasteiger partial charge in [-0.2, -0.15) is 0 Å². The van der Waals surface area contributed by atoms with Crippen molar-refractivity contribution in [3.8, 4) is 0 Å². The van der Waals surface area contributed by atoms with Crippen molar-refractivity contribution in [2.75, 3.05) is 13.2 Å². The molecule has 0 N–H and O–H groups in total. The lowest BCUT2D eigenvalue weighted by Gasteiger charge is -2.08. The van der Waals surface area contributed by atoms with Crippen LogP contribution in [0.1, 0.15) is 34.1 Å². The molecule has 0 radical (unpaired) electrons. The van der Waals surface area contributed by atoms with E-state index in [1.54, 1.807) is 0 Å². The third-order valence-electron chi connectivity index (χ3n) is 1.34. The Morgan fingerprint density at radius 2 is 1.85 bits per heavy atom. The largest absolute Gasteiger partial charge is 0.465 e. The molecule has 0 unspecified atom stereocenters. The monoisotopic (exact) mass is 188 g/mol. The Hall–Kier alpha value is -0.570. The first-order valence-electron chi connectivity index (χ1n) is 4.79. The fraction of sp³-hybridized carbons (Fsp3) is 0.900. The minimum absolute atomic E-state index is 0.172. The highest BCUT2D eigenvalue weighted by molar-refractivity contribution is 5.69. The molecule has 3 heteroatoms. The number of hydrogen-bond donors (Lipinski definition) is 0. The van der Waals surface area contributed by atoms with Gasteiger partial charge < -0.3 is 9.47 Å². The normalized spacial score (nSPS) is 10.9. The molecule has 3 nitrogen and oxygen atoms in total. The van der Waals surface area contributed by atoms with Crippen molar-refractivity contribution in [2.24, 2.45) is 5.92 Å². The van der Waals surface area contributed by atoms with E-state index in [1.807, 2.05) is 27.7 Å². The standard InChI is InChI=1S/C10H20O3/c1-8(2)7-13-10(11)5-6-12-9(3)4/h8-9H,5-7H2,1-4H3. The van der Waals surface area contributed by atoms with Gasteiger partial charge in [0.1, 0.15) is 0 Å². The van der Waals surface area contributed by atoms with Crippen LogP contribution in [-0.2, 0) is 14.3 Å². The van der Waals surface area contributed by atoms with Gasteiger partial charge in [-0.15, -0.1) is 0 Å². The summed E-state index contributed by atoms with van der Waals surface area (Å²) in [6, 6.07) is 0. The molecule has 0 aromatic carbocycles. The first-order valence-corrected chi connectivity index (χ1v) is 4.79. The summed E-state index contributed by atoms with van der Waals surface area (Å²) in [7, 11) is 0. The molecule has 0 rings (SSSR count). The molecule has 0 bridgehead atoms. The van der Waals surface area contributed by atoms with E-state index in [4.69, 9.17) is 9.47 Å². The van der Waals surface area contributed by atoms with Gasteiger partial charge in [0.25, 0.3) is 0 Å². The Kier molecular flexibility index (Phi) is 6.59. The van der Waals surface area contributed by atoms with Gasteiger partial charge in [0, 0.05) is 0 Å². The van der Waals surface area contributed by atoms with Gasteiger partial charge in [-0.25, -0.2) is 0 Å². The highest BCUT2D eigenvalue weighted by Crippen LogP contribution is 1.96. The van der Waals surface area contributed by atoms with Crippen molar-refractivity contribution in [1.82, 2.24) is 0 Å². The second-order valence-electron chi connectivity index (χ2n) is 3.75. The zero-order chi connectivity index (χ0) is 10.3. The van der Waals surface area contributed by atoms with Crippen LogP contribution in [0.5, 0.6) is 0 Å². The number of rotatable bonds is 6. The maximum atomic E-state index is 11.0. The Morgan fingerprint density at radius 1 is 1.23 bits per heavy atom. The molecular formula is C10H20O3. The van der Waals surface area contributed by atoms with Crippen LogP contribution in [0.2, 0.25) is 0 Å². The minimum atomic E-state index is -0.172. The van der Waals surface area contributed by atoms with Crippen LogP contribution in [0.4, 0.5) is 0 Å². The lowest BCUT2D eigenvalue weighted by molar-refractivity contribution is -0.146. The highest BCUT2D eigenvalue weighted by Gasteiger charge is 2.04. The molecule has 0 aliphatic rings. The number of ether oxygens (including phenoxy) is 2. The molecular weight excluding hydrogens is 168 g/mol. The topological polar surface area (TPSA) is 35.5 Å². The molecule has 0 saturated carbocycles. The Balaban J connectivity index is 3.30. The molecule has 0 aliphatic carbocycles. The van der Waals surface area contributed by atoms with Gasteiger partial charge >= 0.3 is 5.97 Å². The molecule has 0 heterocycles. The summed E-state index contributed by atoms with van der Waals surface area (Å²) in [4.78, 5) is 11.0. The molecule has 0 aromatic heterocycles. The van der Waals surface area contributed by atoms with Gasteiger partial charge in [-0.3, -0.25) is 4.79 Å². The van der Waals surface area contributed by atoms with Crippen molar-refractivity contribution < 1.29 is 14.3 Å². The maximum Gasteiger partial charge on any atom is 0.308 e. The predicted molar refractivity (Wildman–Crippen MR) is 51.5 cm³/mol. The van der Waals surface area contributed by atoms with Crippen molar-refractivity contribution in [2.45, 2.75) is 40.2 Å². The van der Waals surface area contributed by atoms with Crippen molar-refractivity contribution >= 4 is 5.97 Å². The molecule has 78 valence electrons. The van der Waals surface area contributed by atoms with E-state index in [-0.39, 0.29) is 12.1 Å². The van der Waals surface area contributed by atoms with Crippen LogP contribution in [0.15, 0.2) is 0 Å². The van der Waals surface area contributed by atoms with Gasteiger partial charge in [0.05, 0.1) is 25.7 Å². The number of esters is 1. The third-order valence-corrected chi connectivity index (χ3v) is 1.34. The third kappa shape index (κ3) is 9.34. The van der Waals surface area contributed by atoms with Crippen molar-refractivity contribution in [1.29, 1.82) is 0 Å². The molecule has 0 aliphatic heterocycles. The number of carbonyl (C=O) groups is 1. The lowest BCUT2D eigenvalue weighted by Crippen LogP contribution is -2.13. The molecule has 0 aromatic rings. The second kappa shape index (κ2) is 6.89. The van der Waals surface area contributed by atoms with Gasteiger partial charge in [0.15, 0.2) is 0 Å². The van der Waals surface area contributed by atoms with E-state index in [2.05, 4.69) is 0 Å². The lowest BCUT2D eigenvalue weighted by atomic mass is 10.2. The Labute approximate surface area is 80.4 Å². The van der Waals surface area contributed by atoms with Gasteiger partial charge in [0.2, 0.25) is 0 Å². The molecule has 0 fully saturated rings. The number of hydrogen-bond acceptors (Lipinski definition) is 3. The molecule has 0 atom stereocenters. The quantitative estimate of drug-likeness (QED) is 0.598. The Morgan fingerprint density at radius 3 is 2.31 bits per heavy atom. The van der Waals surface area contributed by atoms with Crippen LogP contribution in [0.25, 0.3) is 0 Å². The maximum absolute atomic E-state index is 11.0. The van der Waals surface area contributed by atoms with Gasteiger partial charge in [-0.1, -0.05) is 13.8 Å². The summed E-state index contributed by atoms with van der Waals surface area (Å²) in [5, 5.41) is 0. The van der Waals surface area contributed by atoms with E-state index in [9.17, 15) is 4.79 Å².